The molecule has 0 saturated heterocycles. The molecule has 0 aliphatic heterocycles. The van der Waals surface area contributed by atoms with Crippen LogP contribution in [-0.4, -0.2) is 16.7 Å². The van der Waals surface area contributed by atoms with Gasteiger partial charge in [-0.15, -0.1) is 0 Å². The average molecular weight is 304 g/mol. The Morgan fingerprint density at radius 2 is 1.57 bits per heavy atom. The molecule has 0 fully saturated rings. The first-order valence-electron chi connectivity index (χ1n) is 7.29. The van der Waals surface area contributed by atoms with Crippen LogP contribution in [0, 0.1) is 0 Å². The predicted octanol–water partition coefficient (Wildman–Crippen LogP) is 4.14. The minimum Gasteiger partial charge on any atom is -0.356 e. The van der Waals surface area contributed by atoms with Crippen molar-refractivity contribution < 1.29 is 9.59 Å². The number of aromatic amines is 1. The number of aromatic nitrogens is 1. The fraction of sp³-hybridized carbons (Fsp3) is 0.0526. The second-order valence-electron chi connectivity index (χ2n) is 5.26. The van der Waals surface area contributed by atoms with E-state index in [0.29, 0.717) is 16.9 Å². The molecule has 0 spiro atoms. The molecule has 4 nitrogen and oxygen atoms in total. The molecule has 114 valence electrons. The third-order valence-corrected chi connectivity index (χ3v) is 3.58. The van der Waals surface area contributed by atoms with E-state index in [2.05, 4.69) is 10.3 Å². The van der Waals surface area contributed by atoms with Gasteiger partial charge < -0.3 is 10.3 Å². The summed E-state index contributed by atoms with van der Waals surface area (Å²) < 4.78 is 0. The molecule has 0 aliphatic carbocycles. The molecule has 1 heterocycles. The lowest BCUT2D eigenvalue weighted by Gasteiger charge is -2.06. The van der Waals surface area contributed by atoms with E-state index in [1.54, 1.807) is 6.07 Å². The van der Waals surface area contributed by atoms with Gasteiger partial charge in [0.05, 0.1) is 0 Å². The number of benzene rings is 2. The molecule has 3 aromatic rings. The Balaban J connectivity index is 1.72. The first-order chi connectivity index (χ1) is 11.1. The zero-order chi connectivity index (χ0) is 16.2. The maximum absolute atomic E-state index is 12.2. The smallest absolute Gasteiger partial charge is 0.272 e. The molecule has 1 amide bonds. The second kappa shape index (κ2) is 6.32. The van der Waals surface area contributed by atoms with Crippen LogP contribution in [0.1, 0.15) is 27.8 Å². The molecule has 23 heavy (non-hydrogen) atoms. The van der Waals surface area contributed by atoms with E-state index in [4.69, 9.17) is 0 Å². The summed E-state index contributed by atoms with van der Waals surface area (Å²) in [7, 11) is 0. The van der Waals surface area contributed by atoms with E-state index >= 15 is 0 Å². The monoisotopic (exact) mass is 304 g/mol. The van der Waals surface area contributed by atoms with E-state index in [1.807, 2.05) is 54.6 Å². The molecule has 0 aliphatic rings. The van der Waals surface area contributed by atoms with Gasteiger partial charge in [0.2, 0.25) is 0 Å². The number of rotatable bonds is 4. The summed E-state index contributed by atoms with van der Waals surface area (Å²) in [6, 6.07) is 19.2. The Bertz CT molecular complexity index is 833. The minimum absolute atomic E-state index is 0.0764. The van der Waals surface area contributed by atoms with Crippen LogP contribution in [-0.2, 0) is 0 Å². The Morgan fingerprint density at radius 3 is 2.17 bits per heavy atom. The number of H-pyrrole nitrogens is 1. The number of hydrogen-bond donors (Lipinski definition) is 2. The van der Waals surface area contributed by atoms with Crippen LogP contribution >= 0.6 is 0 Å². The first-order valence-corrected chi connectivity index (χ1v) is 7.29. The molecular formula is C19H16N2O2. The SMILES string of the molecule is CC(=O)c1c[nH]c(C(=O)Nc2ccc(-c3ccccc3)cc2)c1. The van der Waals surface area contributed by atoms with Gasteiger partial charge in [0.25, 0.3) is 5.91 Å². The van der Waals surface area contributed by atoms with Crippen molar-refractivity contribution in [3.63, 3.8) is 0 Å². The normalized spacial score (nSPS) is 10.3. The van der Waals surface area contributed by atoms with Gasteiger partial charge in [-0.2, -0.15) is 0 Å². The van der Waals surface area contributed by atoms with Crippen molar-refractivity contribution in [1.29, 1.82) is 0 Å². The Labute approximate surface area is 134 Å². The first kappa shape index (κ1) is 14.8. The number of hydrogen-bond acceptors (Lipinski definition) is 2. The van der Waals surface area contributed by atoms with Crippen LogP contribution in [0.4, 0.5) is 5.69 Å². The van der Waals surface area contributed by atoms with Crippen molar-refractivity contribution >= 4 is 17.4 Å². The molecular weight excluding hydrogens is 288 g/mol. The highest BCUT2D eigenvalue weighted by Crippen LogP contribution is 2.21. The summed E-state index contributed by atoms with van der Waals surface area (Å²) in [4.78, 5) is 26.2. The third kappa shape index (κ3) is 3.37. The molecule has 0 unspecified atom stereocenters. The second-order valence-corrected chi connectivity index (χ2v) is 5.26. The Hall–Kier alpha value is -3.14. The number of carbonyl (C=O) groups is 2. The summed E-state index contributed by atoms with van der Waals surface area (Å²) in [5.41, 5.74) is 3.77. The van der Waals surface area contributed by atoms with Crippen LogP contribution in [0.5, 0.6) is 0 Å². The van der Waals surface area contributed by atoms with Crippen molar-refractivity contribution in [2.45, 2.75) is 6.92 Å². The lowest BCUT2D eigenvalue weighted by molar-refractivity contribution is 0.101. The van der Waals surface area contributed by atoms with Gasteiger partial charge >= 0.3 is 0 Å². The standard InChI is InChI=1S/C19H16N2O2/c1-13(22)16-11-18(20-12-16)19(23)21-17-9-7-15(8-10-17)14-5-3-2-4-6-14/h2-12,20H,1H3,(H,21,23). The zero-order valence-electron chi connectivity index (χ0n) is 12.7. The maximum atomic E-state index is 12.2. The van der Waals surface area contributed by atoms with Gasteiger partial charge in [0.1, 0.15) is 5.69 Å². The van der Waals surface area contributed by atoms with Gasteiger partial charge in [-0.3, -0.25) is 9.59 Å². The van der Waals surface area contributed by atoms with E-state index in [9.17, 15) is 9.59 Å². The fourth-order valence-corrected chi connectivity index (χ4v) is 2.30. The van der Waals surface area contributed by atoms with Crippen LogP contribution in [0.25, 0.3) is 11.1 Å². The number of Topliss-reactive ketones (excluding diaryl/α,β-unsaturated/α-hetero) is 1. The summed E-state index contributed by atoms with van der Waals surface area (Å²) in [6.07, 6.45) is 1.54. The zero-order valence-corrected chi connectivity index (χ0v) is 12.7. The van der Waals surface area contributed by atoms with Gasteiger partial charge in [0, 0.05) is 17.4 Å². The van der Waals surface area contributed by atoms with Gasteiger partial charge in [-0.05, 0) is 36.2 Å². The van der Waals surface area contributed by atoms with Crippen LogP contribution in [0.15, 0.2) is 66.9 Å². The van der Waals surface area contributed by atoms with Crippen LogP contribution in [0.3, 0.4) is 0 Å². The molecule has 4 heteroatoms. The van der Waals surface area contributed by atoms with Crippen molar-refractivity contribution in [3.05, 3.63) is 78.1 Å². The lowest BCUT2D eigenvalue weighted by atomic mass is 10.1. The molecule has 0 saturated carbocycles. The molecule has 2 aromatic carbocycles. The highest BCUT2D eigenvalue weighted by Gasteiger charge is 2.11. The lowest BCUT2D eigenvalue weighted by Crippen LogP contribution is -2.12. The largest absolute Gasteiger partial charge is 0.356 e. The number of carbonyl (C=O) groups excluding carboxylic acids is 2. The highest BCUT2D eigenvalue weighted by molar-refractivity contribution is 6.05. The number of amides is 1. The molecule has 2 N–H and O–H groups in total. The molecule has 0 bridgehead atoms. The van der Waals surface area contributed by atoms with E-state index in [-0.39, 0.29) is 11.7 Å². The van der Waals surface area contributed by atoms with Crippen molar-refractivity contribution in [2.24, 2.45) is 0 Å². The summed E-state index contributed by atoms with van der Waals surface area (Å²) in [5, 5.41) is 2.81. The van der Waals surface area contributed by atoms with Gasteiger partial charge in [0.15, 0.2) is 5.78 Å². The maximum Gasteiger partial charge on any atom is 0.272 e. The van der Waals surface area contributed by atoms with Crippen LogP contribution < -0.4 is 5.32 Å². The summed E-state index contributed by atoms with van der Waals surface area (Å²) in [5.74, 6) is -0.350. The van der Waals surface area contributed by atoms with Crippen molar-refractivity contribution in [1.82, 2.24) is 4.98 Å². The van der Waals surface area contributed by atoms with Crippen molar-refractivity contribution in [3.8, 4) is 11.1 Å². The Kier molecular flexibility index (Phi) is 4.06. The molecule has 0 atom stereocenters. The molecule has 0 radical (unpaired) electrons. The molecule has 3 rings (SSSR count). The Morgan fingerprint density at radius 1 is 0.913 bits per heavy atom. The molecule has 1 aromatic heterocycles. The van der Waals surface area contributed by atoms with Crippen LogP contribution in [0.2, 0.25) is 0 Å². The third-order valence-electron chi connectivity index (χ3n) is 3.58. The summed E-state index contributed by atoms with van der Waals surface area (Å²) >= 11 is 0. The van der Waals surface area contributed by atoms with E-state index < -0.39 is 0 Å². The topological polar surface area (TPSA) is 62.0 Å². The fourth-order valence-electron chi connectivity index (χ4n) is 2.30. The van der Waals surface area contributed by atoms with Crippen molar-refractivity contribution in [2.75, 3.05) is 5.32 Å². The quantitative estimate of drug-likeness (QED) is 0.712. The number of ketones is 1. The average Bonchev–Trinajstić information content (AvgIpc) is 3.07. The van der Waals surface area contributed by atoms with Gasteiger partial charge in [-0.1, -0.05) is 42.5 Å². The van der Waals surface area contributed by atoms with E-state index in [0.717, 1.165) is 11.1 Å². The highest BCUT2D eigenvalue weighted by atomic mass is 16.2. The minimum atomic E-state index is -0.273. The van der Waals surface area contributed by atoms with Gasteiger partial charge in [-0.25, -0.2) is 0 Å². The van der Waals surface area contributed by atoms with E-state index in [1.165, 1.54) is 13.1 Å². The summed E-state index contributed by atoms with van der Waals surface area (Å²) in [6.45, 7) is 1.47. The number of anilines is 1. The number of nitrogens with one attached hydrogen (secondary N) is 2. The predicted molar refractivity (Wildman–Crippen MR) is 90.6 cm³/mol.